The first-order valence-corrected chi connectivity index (χ1v) is 7.46. The van der Waals surface area contributed by atoms with E-state index in [9.17, 15) is 9.18 Å². The van der Waals surface area contributed by atoms with Crippen molar-refractivity contribution in [3.05, 3.63) is 59.3 Å². The molecule has 1 heterocycles. The number of rotatable bonds is 3. The monoisotopic (exact) mass is 302 g/mol. The minimum atomic E-state index is -0.290. The molecule has 1 N–H and O–H groups in total. The number of hydrogen-bond acceptors (Lipinski definition) is 2. The number of nitrogens with zero attached hydrogens (tertiary/aromatic N) is 1. The summed E-state index contributed by atoms with van der Waals surface area (Å²) >= 11 is 0. The molecule has 0 aliphatic heterocycles. The molecule has 2 aromatic rings. The summed E-state index contributed by atoms with van der Waals surface area (Å²) in [6, 6.07) is 8.04. The van der Waals surface area contributed by atoms with E-state index >= 15 is 0 Å². The van der Waals surface area contributed by atoms with Gasteiger partial charge in [0.25, 0.3) is 0 Å². The molecule has 0 bridgehead atoms. The van der Waals surface area contributed by atoms with Crippen molar-refractivity contribution >= 4 is 6.03 Å². The molecule has 1 atom stereocenters. The fourth-order valence-corrected chi connectivity index (χ4v) is 2.88. The minimum absolute atomic E-state index is 0.00930. The molecule has 0 saturated carbocycles. The van der Waals surface area contributed by atoms with E-state index in [0.29, 0.717) is 6.54 Å². The minimum Gasteiger partial charge on any atom is -0.469 e. The average Bonchev–Trinajstić information content (AvgIpc) is 2.96. The molecule has 1 aromatic carbocycles. The molecule has 1 unspecified atom stereocenters. The Labute approximate surface area is 128 Å². The molecule has 0 radical (unpaired) electrons. The number of furan rings is 1. The standard InChI is InChI=1S/C17H19FN2O2/c1-20(11-12-4-2-5-13(18)10-12)17(21)19-15-6-3-7-16-14(15)8-9-22-16/h2,4-5,8-10,15H,3,6-7,11H2,1H3,(H,19,21). The summed E-state index contributed by atoms with van der Waals surface area (Å²) in [5, 5.41) is 3.03. The molecule has 3 rings (SSSR count). The van der Waals surface area contributed by atoms with Gasteiger partial charge < -0.3 is 14.6 Å². The number of nitrogens with one attached hydrogen (secondary N) is 1. The Kier molecular flexibility index (Phi) is 4.13. The zero-order chi connectivity index (χ0) is 15.5. The SMILES string of the molecule is CN(Cc1cccc(F)c1)C(=O)NC1CCCc2occc21. The van der Waals surface area contributed by atoms with Gasteiger partial charge in [-0.15, -0.1) is 0 Å². The average molecular weight is 302 g/mol. The summed E-state index contributed by atoms with van der Waals surface area (Å²) < 4.78 is 18.6. The lowest BCUT2D eigenvalue weighted by molar-refractivity contribution is 0.201. The molecule has 22 heavy (non-hydrogen) atoms. The lowest BCUT2D eigenvalue weighted by Gasteiger charge is -2.26. The molecule has 4 nitrogen and oxygen atoms in total. The van der Waals surface area contributed by atoms with Crippen molar-refractivity contribution in [1.82, 2.24) is 10.2 Å². The van der Waals surface area contributed by atoms with Gasteiger partial charge in [0.1, 0.15) is 11.6 Å². The first-order chi connectivity index (χ1) is 10.6. The number of amides is 2. The Hall–Kier alpha value is -2.30. The third-order valence-corrected chi connectivity index (χ3v) is 4.01. The zero-order valence-corrected chi connectivity index (χ0v) is 12.5. The lowest BCUT2D eigenvalue weighted by Crippen LogP contribution is -2.39. The van der Waals surface area contributed by atoms with Crippen LogP contribution in [-0.2, 0) is 13.0 Å². The summed E-state index contributed by atoms with van der Waals surface area (Å²) in [6.45, 7) is 0.370. The van der Waals surface area contributed by atoms with E-state index in [-0.39, 0.29) is 17.9 Å². The van der Waals surface area contributed by atoms with E-state index in [0.717, 1.165) is 36.1 Å². The van der Waals surface area contributed by atoms with Crippen LogP contribution in [0.4, 0.5) is 9.18 Å². The van der Waals surface area contributed by atoms with Crippen LogP contribution >= 0.6 is 0 Å². The van der Waals surface area contributed by atoms with Crippen molar-refractivity contribution in [2.75, 3.05) is 7.05 Å². The quantitative estimate of drug-likeness (QED) is 0.941. The van der Waals surface area contributed by atoms with Crippen molar-refractivity contribution in [2.45, 2.75) is 31.8 Å². The van der Waals surface area contributed by atoms with Gasteiger partial charge in [-0.1, -0.05) is 12.1 Å². The van der Waals surface area contributed by atoms with Gasteiger partial charge in [-0.05, 0) is 36.6 Å². The largest absolute Gasteiger partial charge is 0.469 e. The smallest absolute Gasteiger partial charge is 0.317 e. The maximum atomic E-state index is 13.2. The molecule has 2 amide bonds. The molecule has 0 saturated heterocycles. The van der Waals surface area contributed by atoms with E-state index in [1.54, 1.807) is 24.3 Å². The van der Waals surface area contributed by atoms with Crippen molar-refractivity contribution in [1.29, 1.82) is 0 Å². The van der Waals surface area contributed by atoms with Crippen molar-refractivity contribution in [2.24, 2.45) is 0 Å². The highest BCUT2D eigenvalue weighted by Gasteiger charge is 2.25. The molecule has 116 valence electrons. The molecular weight excluding hydrogens is 283 g/mol. The number of urea groups is 1. The second kappa shape index (κ2) is 6.22. The second-order valence-electron chi connectivity index (χ2n) is 5.68. The van der Waals surface area contributed by atoms with Crippen molar-refractivity contribution in [3.8, 4) is 0 Å². The highest BCUT2D eigenvalue weighted by atomic mass is 19.1. The van der Waals surface area contributed by atoms with E-state index in [1.165, 1.54) is 12.1 Å². The summed E-state index contributed by atoms with van der Waals surface area (Å²) in [4.78, 5) is 13.9. The van der Waals surface area contributed by atoms with Gasteiger partial charge >= 0.3 is 6.03 Å². The number of halogens is 1. The van der Waals surface area contributed by atoms with Gasteiger partial charge in [-0.2, -0.15) is 0 Å². The van der Waals surface area contributed by atoms with Gasteiger partial charge in [0.15, 0.2) is 0 Å². The lowest BCUT2D eigenvalue weighted by atomic mass is 9.93. The number of fused-ring (bicyclic) bond motifs is 1. The van der Waals surface area contributed by atoms with Crippen molar-refractivity contribution in [3.63, 3.8) is 0 Å². The first kappa shape index (κ1) is 14.6. The molecular formula is C17H19FN2O2. The second-order valence-corrected chi connectivity index (χ2v) is 5.68. The normalized spacial score (nSPS) is 16.9. The molecule has 1 aliphatic carbocycles. The maximum absolute atomic E-state index is 13.2. The van der Waals surface area contributed by atoms with Crippen LogP contribution in [0.5, 0.6) is 0 Å². The van der Waals surface area contributed by atoms with Crippen LogP contribution < -0.4 is 5.32 Å². The van der Waals surface area contributed by atoms with Crippen LogP contribution in [0.2, 0.25) is 0 Å². The Morgan fingerprint density at radius 3 is 3.14 bits per heavy atom. The molecule has 1 aromatic heterocycles. The van der Waals surface area contributed by atoms with Crippen LogP contribution in [0.3, 0.4) is 0 Å². The number of aryl methyl sites for hydroxylation is 1. The fourth-order valence-electron chi connectivity index (χ4n) is 2.88. The third-order valence-electron chi connectivity index (χ3n) is 4.01. The topological polar surface area (TPSA) is 45.5 Å². The molecule has 1 aliphatic rings. The van der Waals surface area contributed by atoms with Gasteiger partial charge in [0.05, 0.1) is 12.3 Å². The Balaban J connectivity index is 1.63. The van der Waals surface area contributed by atoms with Crippen molar-refractivity contribution < 1.29 is 13.6 Å². The fraction of sp³-hybridized carbons (Fsp3) is 0.353. The number of carbonyl (C=O) groups excluding carboxylic acids is 1. The Bertz CT molecular complexity index is 668. The van der Waals surface area contributed by atoms with E-state index in [1.807, 2.05) is 12.1 Å². The van der Waals surface area contributed by atoms with E-state index in [4.69, 9.17) is 4.42 Å². The highest BCUT2D eigenvalue weighted by Crippen LogP contribution is 2.30. The van der Waals surface area contributed by atoms with Crippen LogP contribution in [0.25, 0.3) is 0 Å². The predicted molar refractivity (Wildman–Crippen MR) is 80.8 cm³/mol. The maximum Gasteiger partial charge on any atom is 0.317 e. The Morgan fingerprint density at radius 1 is 1.45 bits per heavy atom. The molecule has 5 heteroatoms. The number of benzene rings is 1. The summed E-state index contributed by atoms with van der Waals surface area (Å²) in [5.74, 6) is 0.672. The van der Waals surface area contributed by atoms with Crippen LogP contribution in [0.15, 0.2) is 41.0 Å². The molecule has 0 spiro atoms. The zero-order valence-electron chi connectivity index (χ0n) is 12.5. The predicted octanol–water partition coefficient (Wildman–Crippen LogP) is 3.64. The van der Waals surface area contributed by atoms with Crippen LogP contribution in [0.1, 0.15) is 35.8 Å². The summed E-state index contributed by atoms with van der Waals surface area (Å²) in [5.41, 5.74) is 1.84. The van der Waals surface area contributed by atoms with Gasteiger partial charge in [0.2, 0.25) is 0 Å². The Morgan fingerprint density at radius 2 is 2.32 bits per heavy atom. The summed E-state index contributed by atoms with van der Waals surface area (Å²) in [6.07, 6.45) is 4.50. The van der Waals surface area contributed by atoms with Gasteiger partial charge in [0, 0.05) is 25.6 Å². The van der Waals surface area contributed by atoms with E-state index in [2.05, 4.69) is 5.32 Å². The highest BCUT2D eigenvalue weighted by molar-refractivity contribution is 5.74. The number of hydrogen-bond donors (Lipinski definition) is 1. The van der Waals surface area contributed by atoms with Crippen LogP contribution in [-0.4, -0.2) is 18.0 Å². The van der Waals surface area contributed by atoms with Crippen LogP contribution in [0, 0.1) is 5.82 Å². The first-order valence-electron chi connectivity index (χ1n) is 7.46. The van der Waals surface area contributed by atoms with Gasteiger partial charge in [-0.25, -0.2) is 9.18 Å². The van der Waals surface area contributed by atoms with Gasteiger partial charge in [-0.3, -0.25) is 0 Å². The third kappa shape index (κ3) is 3.13. The van der Waals surface area contributed by atoms with E-state index < -0.39 is 0 Å². The molecule has 0 fully saturated rings. The summed E-state index contributed by atoms with van der Waals surface area (Å²) in [7, 11) is 1.71. The number of carbonyl (C=O) groups is 1.